The molecule has 230 valence electrons. The van der Waals surface area contributed by atoms with Crippen LogP contribution in [0.15, 0.2) is 61.3 Å². The van der Waals surface area contributed by atoms with Crippen LogP contribution in [-0.4, -0.2) is 89.9 Å². The van der Waals surface area contributed by atoms with Crippen molar-refractivity contribution in [2.24, 2.45) is 0 Å². The molecule has 0 amide bonds. The van der Waals surface area contributed by atoms with Crippen molar-refractivity contribution in [2.75, 3.05) is 31.1 Å². The molecule has 1 fully saturated rings. The number of anilines is 1. The number of fused-ring (bicyclic) bond motifs is 1. The summed E-state index contributed by atoms with van der Waals surface area (Å²) in [4.78, 5) is 40.7. The fraction of sp³-hybridized carbons (Fsp3) is 0.308. The highest BCUT2D eigenvalue weighted by Crippen LogP contribution is 2.25. The summed E-state index contributed by atoms with van der Waals surface area (Å²) in [5.41, 5.74) is 5.25. The van der Waals surface area contributed by atoms with Crippen molar-refractivity contribution in [3.8, 4) is 11.3 Å². The Kier molecular flexibility index (Phi) is 10.6. The topological polar surface area (TPSA) is 137 Å². The van der Waals surface area contributed by atoms with E-state index in [0.29, 0.717) is 0 Å². The summed E-state index contributed by atoms with van der Waals surface area (Å²) < 4.78 is 65.6. The Morgan fingerprint density at radius 2 is 1.44 bits per heavy atom. The van der Waals surface area contributed by atoms with Gasteiger partial charge in [0.1, 0.15) is 0 Å². The second-order valence-electron chi connectivity index (χ2n) is 8.96. The summed E-state index contributed by atoms with van der Waals surface area (Å²) in [6, 6.07) is 10.2. The number of piperazine rings is 1. The van der Waals surface area contributed by atoms with Gasteiger partial charge in [0.15, 0.2) is 11.5 Å². The smallest absolute Gasteiger partial charge is 0.475 e. The van der Waals surface area contributed by atoms with Gasteiger partial charge in [-0.25, -0.2) is 19.6 Å². The van der Waals surface area contributed by atoms with Crippen LogP contribution in [0.4, 0.5) is 32.2 Å². The van der Waals surface area contributed by atoms with E-state index in [1.165, 1.54) is 0 Å². The lowest BCUT2D eigenvalue weighted by atomic mass is 10.2. The molecule has 1 aliphatic rings. The van der Waals surface area contributed by atoms with Crippen LogP contribution < -0.4 is 4.90 Å². The number of aliphatic carboxylic acids is 2. The van der Waals surface area contributed by atoms with Crippen molar-refractivity contribution < 1.29 is 46.1 Å². The number of halogens is 6. The van der Waals surface area contributed by atoms with Crippen LogP contribution in [0.2, 0.25) is 0 Å². The summed E-state index contributed by atoms with van der Waals surface area (Å²) in [7, 11) is 0. The molecule has 0 radical (unpaired) electrons. The zero-order valence-corrected chi connectivity index (χ0v) is 22.4. The highest BCUT2D eigenvalue weighted by Gasteiger charge is 2.38. The van der Waals surface area contributed by atoms with Gasteiger partial charge < -0.3 is 15.1 Å². The van der Waals surface area contributed by atoms with Gasteiger partial charge in [0, 0.05) is 68.8 Å². The monoisotopic (exact) mass is 613 g/mol. The average molecular weight is 614 g/mol. The number of aryl methyl sites for hydroxylation is 1. The lowest BCUT2D eigenvalue weighted by molar-refractivity contribution is -0.193. The van der Waals surface area contributed by atoms with Crippen molar-refractivity contribution in [1.29, 1.82) is 0 Å². The number of hydrogen-bond donors (Lipinski definition) is 2. The van der Waals surface area contributed by atoms with Gasteiger partial charge in [-0.3, -0.25) is 19.3 Å². The number of carboxylic acids is 2. The Balaban J connectivity index is 0.000000303. The molecular formula is C26H25F6N7O4. The van der Waals surface area contributed by atoms with Crippen LogP contribution in [0.3, 0.4) is 0 Å². The zero-order valence-electron chi connectivity index (χ0n) is 22.4. The molecule has 43 heavy (non-hydrogen) atoms. The highest BCUT2D eigenvalue weighted by molar-refractivity contribution is 5.73. The number of carbonyl (C=O) groups is 2. The Hall–Kier alpha value is -4.80. The molecule has 11 nitrogen and oxygen atoms in total. The summed E-state index contributed by atoms with van der Waals surface area (Å²) in [6.07, 6.45) is -0.813. The predicted molar refractivity (Wildman–Crippen MR) is 140 cm³/mol. The Morgan fingerprint density at radius 3 is 1.98 bits per heavy atom. The van der Waals surface area contributed by atoms with E-state index in [-0.39, 0.29) is 0 Å². The molecule has 17 heteroatoms. The molecule has 5 rings (SSSR count). The van der Waals surface area contributed by atoms with Crippen molar-refractivity contribution in [2.45, 2.75) is 25.8 Å². The molecule has 2 N–H and O–H groups in total. The third-order valence-electron chi connectivity index (χ3n) is 5.87. The van der Waals surface area contributed by atoms with Crippen LogP contribution in [0.5, 0.6) is 0 Å². The molecule has 0 saturated carbocycles. The Bertz CT molecular complexity index is 1500. The Labute approximate surface area is 240 Å². The molecule has 0 atom stereocenters. The average Bonchev–Trinajstić information content (AvgIpc) is 3.38. The molecule has 1 saturated heterocycles. The minimum atomic E-state index is -5.08. The Morgan fingerprint density at radius 1 is 0.860 bits per heavy atom. The number of hydrogen-bond acceptors (Lipinski definition) is 8. The van der Waals surface area contributed by atoms with E-state index in [4.69, 9.17) is 19.8 Å². The highest BCUT2D eigenvalue weighted by atomic mass is 19.4. The third-order valence-corrected chi connectivity index (χ3v) is 5.87. The fourth-order valence-electron chi connectivity index (χ4n) is 3.90. The van der Waals surface area contributed by atoms with Crippen LogP contribution in [-0.2, 0) is 16.1 Å². The van der Waals surface area contributed by atoms with Gasteiger partial charge in [-0.05, 0) is 31.2 Å². The molecule has 4 aromatic heterocycles. The number of aromatic nitrogens is 5. The number of nitrogens with zero attached hydrogens (tertiary/aromatic N) is 7. The summed E-state index contributed by atoms with van der Waals surface area (Å²) in [5.74, 6) is -4.57. The first-order valence-corrected chi connectivity index (χ1v) is 12.4. The first-order valence-electron chi connectivity index (χ1n) is 12.4. The molecule has 0 bridgehead atoms. The number of carboxylic acid groups (broad SMARTS) is 2. The van der Waals surface area contributed by atoms with Gasteiger partial charge in [-0.1, -0.05) is 6.07 Å². The molecule has 1 aliphatic heterocycles. The fourth-order valence-corrected chi connectivity index (χ4v) is 3.90. The molecule has 0 unspecified atom stereocenters. The van der Waals surface area contributed by atoms with E-state index < -0.39 is 24.3 Å². The molecule has 0 aromatic carbocycles. The predicted octanol–water partition coefficient (Wildman–Crippen LogP) is 4.08. The van der Waals surface area contributed by atoms with Gasteiger partial charge in [-0.15, -0.1) is 0 Å². The van der Waals surface area contributed by atoms with E-state index in [1.807, 2.05) is 43.7 Å². The molecule has 4 aromatic rings. The first-order chi connectivity index (χ1) is 20.2. The molecule has 5 heterocycles. The summed E-state index contributed by atoms with van der Waals surface area (Å²) in [6.45, 7) is 6.75. The summed E-state index contributed by atoms with van der Waals surface area (Å²) >= 11 is 0. The first kappa shape index (κ1) is 32.7. The van der Waals surface area contributed by atoms with Crippen molar-refractivity contribution in [3.05, 3.63) is 72.7 Å². The minimum Gasteiger partial charge on any atom is -0.475 e. The maximum atomic E-state index is 10.6. The second kappa shape index (κ2) is 13.9. The van der Waals surface area contributed by atoms with E-state index in [1.54, 1.807) is 12.4 Å². The van der Waals surface area contributed by atoms with Crippen molar-refractivity contribution in [1.82, 2.24) is 29.2 Å². The lowest BCUT2D eigenvalue weighted by Crippen LogP contribution is -2.46. The van der Waals surface area contributed by atoms with E-state index in [0.717, 1.165) is 66.8 Å². The number of alkyl halides is 6. The lowest BCUT2D eigenvalue weighted by Gasteiger charge is -2.35. The molecular weight excluding hydrogens is 588 g/mol. The maximum absolute atomic E-state index is 10.6. The molecule has 0 aliphatic carbocycles. The van der Waals surface area contributed by atoms with Gasteiger partial charge in [0.05, 0.1) is 17.6 Å². The van der Waals surface area contributed by atoms with Crippen LogP contribution in [0, 0.1) is 6.92 Å². The van der Waals surface area contributed by atoms with Crippen LogP contribution in [0.1, 0.15) is 11.4 Å². The maximum Gasteiger partial charge on any atom is 0.490 e. The van der Waals surface area contributed by atoms with Crippen LogP contribution >= 0.6 is 0 Å². The van der Waals surface area contributed by atoms with Gasteiger partial charge in [0.2, 0.25) is 0 Å². The summed E-state index contributed by atoms with van der Waals surface area (Å²) in [5, 5.41) is 14.2. The largest absolute Gasteiger partial charge is 0.490 e. The van der Waals surface area contributed by atoms with Crippen molar-refractivity contribution >= 4 is 23.4 Å². The zero-order chi connectivity index (χ0) is 31.8. The van der Waals surface area contributed by atoms with Crippen LogP contribution in [0.25, 0.3) is 16.9 Å². The number of imidazole rings is 1. The standard InChI is InChI=1S/C22H23N7.2C2HF3O2/c1-17-3-2-4-19(26-17)16-27-11-13-28(14-12-27)21-22-25-15-20(29(22)10-9-24-21)18-5-7-23-8-6-18;2*3-2(4,5)1(6)7/h2-10,15H,11-14,16H2,1H3;2*(H,6,7). The second-order valence-corrected chi connectivity index (χ2v) is 8.96. The van der Waals surface area contributed by atoms with E-state index in [9.17, 15) is 26.3 Å². The third kappa shape index (κ3) is 9.35. The van der Waals surface area contributed by atoms with E-state index >= 15 is 0 Å². The minimum absolute atomic E-state index is 0.892. The molecule has 0 spiro atoms. The number of rotatable bonds is 4. The van der Waals surface area contributed by atoms with Crippen molar-refractivity contribution in [3.63, 3.8) is 0 Å². The van der Waals surface area contributed by atoms with Gasteiger partial charge in [0.25, 0.3) is 0 Å². The number of pyridine rings is 2. The quantitative estimate of drug-likeness (QED) is 0.324. The van der Waals surface area contributed by atoms with E-state index in [2.05, 4.69) is 46.3 Å². The normalized spacial score (nSPS) is 13.9. The van der Waals surface area contributed by atoms with Gasteiger partial charge in [-0.2, -0.15) is 26.3 Å². The SMILES string of the molecule is Cc1cccc(CN2CCN(c3nccn4c(-c5ccncc5)cnc34)CC2)n1.O=C(O)C(F)(F)F.O=C(O)C(F)(F)F. The van der Waals surface area contributed by atoms with Gasteiger partial charge >= 0.3 is 24.3 Å².